The standard InChI is InChI=1S/C14H19N3O4/c1-8(7-12(18)19)10-3-5-11(6-4-10)17-13(20)9(2)16-14(15)21/h3-6,8-9H,7H2,1-2H3,(H,17,20)(H,18,19)(H3,15,16,21). The minimum atomic E-state index is -0.855. The van der Waals surface area contributed by atoms with E-state index in [0.717, 1.165) is 5.56 Å². The fourth-order valence-corrected chi connectivity index (χ4v) is 1.80. The maximum absolute atomic E-state index is 11.8. The molecule has 0 bridgehead atoms. The zero-order chi connectivity index (χ0) is 16.0. The van der Waals surface area contributed by atoms with E-state index in [0.29, 0.717) is 5.69 Å². The smallest absolute Gasteiger partial charge is 0.312 e. The van der Waals surface area contributed by atoms with Crippen LogP contribution in [-0.4, -0.2) is 29.1 Å². The van der Waals surface area contributed by atoms with Crippen LogP contribution in [0.1, 0.15) is 31.7 Å². The van der Waals surface area contributed by atoms with Crippen molar-refractivity contribution in [3.05, 3.63) is 29.8 Å². The summed E-state index contributed by atoms with van der Waals surface area (Å²) in [7, 11) is 0. The maximum Gasteiger partial charge on any atom is 0.312 e. The first-order valence-electron chi connectivity index (χ1n) is 6.48. The highest BCUT2D eigenvalue weighted by atomic mass is 16.4. The highest BCUT2D eigenvalue weighted by Crippen LogP contribution is 2.21. The number of benzene rings is 1. The molecule has 0 saturated carbocycles. The van der Waals surface area contributed by atoms with Crippen molar-refractivity contribution in [2.45, 2.75) is 32.2 Å². The van der Waals surface area contributed by atoms with E-state index in [1.807, 2.05) is 6.92 Å². The number of carbonyl (C=O) groups excluding carboxylic acids is 2. The van der Waals surface area contributed by atoms with Crippen molar-refractivity contribution in [2.75, 3.05) is 5.32 Å². The van der Waals surface area contributed by atoms with E-state index in [1.54, 1.807) is 24.3 Å². The van der Waals surface area contributed by atoms with E-state index >= 15 is 0 Å². The van der Waals surface area contributed by atoms with Crippen LogP contribution < -0.4 is 16.4 Å². The molecule has 0 spiro atoms. The maximum atomic E-state index is 11.8. The number of carbonyl (C=O) groups is 3. The van der Waals surface area contributed by atoms with Crippen molar-refractivity contribution in [3.8, 4) is 0 Å². The van der Waals surface area contributed by atoms with Gasteiger partial charge in [0.05, 0.1) is 6.42 Å². The molecule has 1 aromatic rings. The van der Waals surface area contributed by atoms with Crippen LogP contribution in [0.5, 0.6) is 0 Å². The lowest BCUT2D eigenvalue weighted by Crippen LogP contribution is -2.44. The number of aliphatic carboxylic acids is 1. The Bertz CT molecular complexity index is 528. The van der Waals surface area contributed by atoms with Crippen LogP contribution >= 0.6 is 0 Å². The number of rotatable bonds is 6. The lowest BCUT2D eigenvalue weighted by atomic mass is 9.98. The van der Waals surface area contributed by atoms with Crippen molar-refractivity contribution < 1.29 is 19.5 Å². The Balaban J connectivity index is 2.64. The van der Waals surface area contributed by atoms with E-state index < -0.39 is 18.0 Å². The zero-order valence-corrected chi connectivity index (χ0v) is 11.9. The van der Waals surface area contributed by atoms with Gasteiger partial charge in [-0.25, -0.2) is 4.79 Å². The van der Waals surface area contributed by atoms with Crippen molar-refractivity contribution in [2.24, 2.45) is 5.73 Å². The average molecular weight is 293 g/mol. The van der Waals surface area contributed by atoms with E-state index in [1.165, 1.54) is 6.92 Å². The molecular formula is C14H19N3O4. The Morgan fingerprint density at radius 2 is 1.76 bits per heavy atom. The number of anilines is 1. The van der Waals surface area contributed by atoms with Crippen LogP contribution in [0.3, 0.4) is 0 Å². The SMILES string of the molecule is CC(NC(N)=O)C(=O)Nc1ccc(C(C)CC(=O)O)cc1. The molecule has 0 aliphatic carbocycles. The van der Waals surface area contributed by atoms with Gasteiger partial charge in [0.15, 0.2) is 0 Å². The topological polar surface area (TPSA) is 122 Å². The lowest BCUT2D eigenvalue weighted by molar-refractivity contribution is -0.137. The molecule has 0 aliphatic heterocycles. The molecule has 0 aliphatic rings. The molecule has 21 heavy (non-hydrogen) atoms. The molecule has 0 aromatic heterocycles. The van der Waals surface area contributed by atoms with Crippen LogP contribution in [-0.2, 0) is 9.59 Å². The first-order valence-corrected chi connectivity index (χ1v) is 6.48. The predicted molar refractivity (Wildman–Crippen MR) is 77.9 cm³/mol. The summed E-state index contributed by atoms with van der Waals surface area (Å²) in [5.74, 6) is -1.35. The molecule has 5 N–H and O–H groups in total. The number of carboxylic acids is 1. The van der Waals surface area contributed by atoms with Crippen molar-refractivity contribution in [1.82, 2.24) is 5.32 Å². The summed E-state index contributed by atoms with van der Waals surface area (Å²) < 4.78 is 0. The molecule has 7 nitrogen and oxygen atoms in total. The fraction of sp³-hybridized carbons (Fsp3) is 0.357. The van der Waals surface area contributed by atoms with Gasteiger partial charge < -0.3 is 21.5 Å². The summed E-state index contributed by atoms with van der Waals surface area (Å²) >= 11 is 0. The molecule has 2 unspecified atom stereocenters. The van der Waals surface area contributed by atoms with Gasteiger partial charge >= 0.3 is 12.0 Å². The molecule has 2 atom stereocenters. The normalized spacial score (nSPS) is 13.0. The Morgan fingerprint density at radius 3 is 2.24 bits per heavy atom. The molecule has 0 fully saturated rings. The predicted octanol–water partition coefficient (Wildman–Crippen LogP) is 1.26. The lowest BCUT2D eigenvalue weighted by Gasteiger charge is -2.14. The van der Waals surface area contributed by atoms with Crippen molar-refractivity contribution in [3.63, 3.8) is 0 Å². The zero-order valence-electron chi connectivity index (χ0n) is 11.9. The molecule has 7 heteroatoms. The summed E-state index contributed by atoms with van der Waals surface area (Å²) in [6, 6.07) is 5.37. The van der Waals surface area contributed by atoms with Crippen LogP contribution in [0.25, 0.3) is 0 Å². The second-order valence-electron chi connectivity index (χ2n) is 4.84. The monoisotopic (exact) mass is 293 g/mol. The molecule has 0 heterocycles. The van der Waals surface area contributed by atoms with Crippen LogP contribution in [0, 0.1) is 0 Å². The van der Waals surface area contributed by atoms with E-state index in [9.17, 15) is 14.4 Å². The Hall–Kier alpha value is -2.57. The van der Waals surface area contributed by atoms with E-state index in [-0.39, 0.29) is 18.2 Å². The van der Waals surface area contributed by atoms with E-state index in [2.05, 4.69) is 10.6 Å². The van der Waals surface area contributed by atoms with Gasteiger partial charge in [-0.3, -0.25) is 9.59 Å². The van der Waals surface area contributed by atoms with Gasteiger partial charge in [0.25, 0.3) is 0 Å². The van der Waals surface area contributed by atoms with Crippen LogP contribution in [0.2, 0.25) is 0 Å². The Kier molecular flexibility index (Phi) is 5.71. The average Bonchev–Trinajstić information content (AvgIpc) is 2.37. The number of urea groups is 1. The third-order valence-electron chi connectivity index (χ3n) is 2.98. The molecule has 3 amide bonds. The molecule has 114 valence electrons. The minimum Gasteiger partial charge on any atom is -0.481 e. The molecular weight excluding hydrogens is 274 g/mol. The quantitative estimate of drug-likeness (QED) is 0.630. The van der Waals surface area contributed by atoms with Gasteiger partial charge in [0.1, 0.15) is 6.04 Å². The van der Waals surface area contributed by atoms with Gasteiger partial charge in [-0.2, -0.15) is 0 Å². The largest absolute Gasteiger partial charge is 0.481 e. The van der Waals surface area contributed by atoms with Crippen LogP contribution in [0.4, 0.5) is 10.5 Å². The Labute approximate surface area is 122 Å². The van der Waals surface area contributed by atoms with Gasteiger partial charge in [0, 0.05) is 5.69 Å². The summed E-state index contributed by atoms with van der Waals surface area (Å²) in [6.45, 7) is 3.34. The van der Waals surface area contributed by atoms with Gasteiger partial charge in [-0.15, -0.1) is 0 Å². The third-order valence-corrected chi connectivity index (χ3v) is 2.98. The number of nitrogens with one attached hydrogen (secondary N) is 2. The third kappa shape index (κ3) is 5.52. The summed E-state index contributed by atoms with van der Waals surface area (Å²) in [4.78, 5) is 33.1. The first-order chi connectivity index (χ1) is 9.79. The molecule has 1 aromatic carbocycles. The number of hydrogen-bond acceptors (Lipinski definition) is 3. The van der Waals surface area contributed by atoms with Crippen molar-refractivity contribution >= 4 is 23.6 Å². The number of primary amides is 1. The number of amides is 3. The van der Waals surface area contributed by atoms with Gasteiger partial charge in [-0.1, -0.05) is 19.1 Å². The number of carboxylic acid groups (broad SMARTS) is 1. The molecule has 0 saturated heterocycles. The minimum absolute atomic E-state index is 0.0469. The summed E-state index contributed by atoms with van der Waals surface area (Å²) in [5.41, 5.74) is 6.37. The second-order valence-corrected chi connectivity index (χ2v) is 4.84. The van der Waals surface area contributed by atoms with E-state index in [4.69, 9.17) is 10.8 Å². The summed E-state index contributed by atoms with van der Waals surface area (Å²) in [5, 5.41) is 13.7. The first kappa shape index (κ1) is 16.5. The Morgan fingerprint density at radius 1 is 1.19 bits per heavy atom. The van der Waals surface area contributed by atoms with Gasteiger partial charge in [-0.05, 0) is 30.5 Å². The second kappa shape index (κ2) is 7.28. The molecule has 1 rings (SSSR count). The van der Waals surface area contributed by atoms with Crippen molar-refractivity contribution in [1.29, 1.82) is 0 Å². The fourth-order valence-electron chi connectivity index (χ4n) is 1.80. The van der Waals surface area contributed by atoms with Gasteiger partial charge in [0.2, 0.25) is 5.91 Å². The number of nitrogens with two attached hydrogens (primary N) is 1. The van der Waals surface area contributed by atoms with Crippen LogP contribution in [0.15, 0.2) is 24.3 Å². The highest BCUT2D eigenvalue weighted by Gasteiger charge is 2.14. The number of hydrogen-bond donors (Lipinski definition) is 4. The highest BCUT2D eigenvalue weighted by molar-refractivity contribution is 5.96. The summed E-state index contributed by atoms with van der Waals surface area (Å²) in [6.07, 6.45) is 0.0469. The molecule has 0 radical (unpaired) electrons.